The summed E-state index contributed by atoms with van der Waals surface area (Å²) in [4.78, 5) is 11.5. The van der Waals surface area contributed by atoms with Crippen LogP contribution in [-0.4, -0.2) is 197 Å². The van der Waals surface area contributed by atoms with Gasteiger partial charge in [0.25, 0.3) is 0 Å². The number of ether oxygens (including phenoxy) is 5. The summed E-state index contributed by atoms with van der Waals surface area (Å²) < 4.78 is 219. The molecule has 0 bridgehead atoms. The van der Waals surface area contributed by atoms with E-state index in [2.05, 4.69) is 86.1 Å². The summed E-state index contributed by atoms with van der Waals surface area (Å²) in [5.41, 5.74) is 2.12. The number of hydrogen-bond donors (Lipinski definition) is 2. The molecule has 5 saturated carbocycles. The molecular weight excluding hydrogens is 1660 g/mol. The fourth-order valence-electron chi connectivity index (χ4n) is 19.5. The molecule has 7 fully saturated rings. The fraction of sp³-hybridized carbons (Fsp3) is 0.681. The van der Waals surface area contributed by atoms with Gasteiger partial charge < -0.3 is 49.0 Å². The van der Waals surface area contributed by atoms with Crippen molar-refractivity contribution < 1.29 is 89.5 Å². The Morgan fingerprint density at radius 1 is 0.350 bits per heavy atom. The van der Waals surface area contributed by atoms with Gasteiger partial charge in [-0.1, -0.05) is 105 Å². The summed E-state index contributed by atoms with van der Waals surface area (Å²) in [5, 5.41) is 6.81. The first-order chi connectivity index (χ1) is 57.5. The lowest BCUT2D eigenvalue weighted by Gasteiger charge is -2.42. The number of halogens is 17. The molecule has 7 aliphatic rings. The van der Waals surface area contributed by atoms with E-state index < -0.39 is 47.9 Å². The molecule has 5 aromatic rings. The lowest BCUT2D eigenvalue weighted by atomic mass is 9.77. The summed E-state index contributed by atoms with van der Waals surface area (Å²) in [6.07, 6.45) is -3.04. The number of nitrogens with zero attached hydrogens (tertiary/aromatic N) is 5. The molecule has 694 valence electrons. The van der Waals surface area contributed by atoms with Crippen LogP contribution in [0.3, 0.4) is 0 Å². The lowest BCUT2D eigenvalue weighted by molar-refractivity contribution is -0.275. The van der Waals surface area contributed by atoms with Crippen LogP contribution in [0.5, 0.6) is 11.5 Å². The second-order valence-corrected chi connectivity index (χ2v) is 37.4. The molecule has 0 unspecified atom stereocenters. The SMILES string of the molecule is CC(C)N[C@H]1CC[C@H](c2ccc(Cl)c(C(F)(F)F)c2)C[C@@H]1N(C)C.CC(C)N[C@H]1CC[C@H](c2cccc(C(F)(F)F)c2)C[C@@H]1N1CCCC1.CC(C)O[C@H]1CC[C@H](c2ccc(Cl)c(C(F)(F)F)c2)C[C@@H]1N(C)C.CC(C)O[C@H]1CC[C@H](c2cccc(OC(F)(F)F)c2)C[C@@H]1N(C)C.CC(C)O[C@H]1CC[C@H](c2cccc(OC(F)(F)F)c2)C[C@@H]1N1CCCC1. The van der Waals surface area contributed by atoms with Gasteiger partial charge in [0.05, 0.1) is 63.4 Å². The van der Waals surface area contributed by atoms with Gasteiger partial charge in [0, 0.05) is 54.4 Å². The lowest BCUT2D eigenvalue weighted by Crippen LogP contribution is -2.53. The first-order valence-corrected chi connectivity index (χ1v) is 44.8. The predicted octanol–water partition coefficient (Wildman–Crippen LogP) is 24.8. The van der Waals surface area contributed by atoms with Crippen molar-refractivity contribution in [2.24, 2.45) is 0 Å². The largest absolute Gasteiger partial charge is 0.573 e. The van der Waals surface area contributed by atoms with Crippen molar-refractivity contribution in [1.29, 1.82) is 0 Å². The summed E-state index contributed by atoms with van der Waals surface area (Å²) in [6.45, 7) is 25.2. The van der Waals surface area contributed by atoms with Gasteiger partial charge in [-0.2, -0.15) is 39.5 Å². The summed E-state index contributed by atoms with van der Waals surface area (Å²) >= 11 is 11.5. The van der Waals surface area contributed by atoms with E-state index in [1.807, 2.05) is 88.2 Å². The molecule has 12 rings (SSSR count). The van der Waals surface area contributed by atoms with E-state index in [9.17, 15) is 65.9 Å². The molecule has 5 aromatic carbocycles. The number of nitrogens with one attached hydrogen (secondary N) is 2. The average Bonchev–Trinajstić information content (AvgIpc) is 1.30. The van der Waals surface area contributed by atoms with Crippen molar-refractivity contribution >= 4 is 23.2 Å². The van der Waals surface area contributed by atoms with Crippen LogP contribution in [0, 0.1) is 0 Å². The Balaban J connectivity index is 0.000000191. The van der Waals surface area contributed by atoms with Gasteiger partial charge in [0.2, 0.25) is 0 Å². The molecule has 2 saturated heterocycles. The first kappa shape index (κ1) is 103. The monoisotopic (exact) mass is 1800 g/mol. The molecule has 2 aliphatic heterocycles. The topological polar surface area (TPSA) is 86.4 Å². The van der Waals surface area contributed by atoms with Gasteiger partial charge in [-0.15, -0.1) is 26.3 Å². The van der Waals surface area contributed by atoms with Crippen LogP contribution >= 0.6 is 23.2 Å². The van der Waals surface area contributed by atoms with Crippen LogP contribution in [0.15, 0.2) is 109 Å². The van der Waals surface area contributed by atoms with Crippen molar-refractivity contribution in [2.45, 2.75) is 343 Å². The number of rotatable bonds is 22. The van der Waals surface area contributed by atoms with Crippen molar-refractivity contribution in [3.05, 3.63) is 164 Å². The maximum Gasteiger partial charge on any atom is 0.573 e. The molecule has 0 spiro atoms. The maximum absolute atomic E-state index is 13.1. The van der Waals surface area contributed by atoms with E-state index in [0.717, 1.165) is 145 Å². The molecular formula is C94H134Cl2F15N7O5. The Labute approximate surface area is 731 Å². The van der Waals surface area contributed by atoms with E-state index in [0.29, 0.717) is 47.9 Å². The van der Waals surface area contributed by atoms with Crippen molar-refractivity contribution in [2.75, 3.05) is 68.5 Å². The second kappa shape index (κ2) is 46.4. The van der Waals surface area contributed by atoms with Crippen LogP contribution in [-0.2, 0) is 32.7 Å². The highest BCUT2D eigenvalue weighted by atomic mass is 35.5. The zero-order valence-electron chi connectivity index (χ0n) is 74.4. The molecule has 29 heteroatoms. The summed E-state index contributed by atoms with van der Waals surface area (Å²) in [5.74, 6) is 0.600. The van der Waals surface area contributed by atoms with E-state index in [-0.39, 0.29) is 99.8 Å². The van der Waals surface area contributed by atoms with E-state index in [1.54, 1.807) is 36.4 Å². The van der Waals surface area contributed by atoms with E-state index >= 15 is 0 Å². The average molecular weight is 1800 g/mol. The van der Waals surface area contributed by atoms with Crippen LogP contribution in [0.25, 0.3) is 0 Å². The van der Waals surface area contributed by atoms with Gasteiger partial charge in [-0.3, -0.25) is 9.80 Å². The third-order valence-corrected chi connectivity index (χ3v) is 25.5. The molecule has 5 aliphatic carbocycles. The van der Waals surface area contributed by atoms with Crippen molar-refractivity contribution in [3.8, 4) is 11.5 Å². The predicted molar refractivity (Wildman–Crippen MR) is 459 cm³/mol. The molecule has 0 amide bonds. The highest BCUT2D eigenvalue weighted by Crippen LogP contribution is 2.47. The van der Waals surface area contributed by atoms with Crippen LogP contribution in [0.1, 0.15) is 265 Å². The molecule has 2 heterocycles. The Morgan fingerprint density at radius 3 is 1.05 bits per heavy atom. The zero-order chi connectivity index (χ0) is 90.8. The number of benzene rings is 5. The molecule has 0 radical (unpaired) electrons. The second-order valence-electron chi connectivity index (χ2n) is 36.6. The van der Waals surface area contributed by atoms with Gasteiger partial charge in [-0.05, 0) is 344 Å². The van der Waals surface area contributed by atoms with Crippen LogP contribution < -0.4 is 20.1 Å². The van der Waals surface area contributed by atoms with Gasteiger partial charge in [0.1, 0.15) is 11.5 Å². The van der Waals surface area contributed by atoms with E-state index in [4.69, 9.17) is 37.4 Å². The minimum atomic E-state index is -4.66. The standard InChI is InChI=1S/C20H29F3N2.C20H28F3NO2.C18H26ClF3N2.C18H25ClF3NO.C18H26F3NO2/c1-14(2)24-18-9-8-16(13-19(18)25-10-3-4-11-25)15-6-5-7-17(12-15)20(21,22)23;1-14(2)25-19-9-8-16(13-18(19)24-10-3-4-11-24)15-6-5-7-17(12-15)26-20(21,22)23;1-11(2)23-16-8-6-13(10-17(16)24(3)4)12-5-7-15(19)14(9-12)18(20,21)22;1-11(2)24-17-8-6-13(10-16(17)23(3)4)12-5-7-15(19)14(9-12)18(20,21)22;1-12(2)23-17-9-8-14(11-16(17)22(3)4)13-6-5-7-15(10-13)24-18(19,20)21/h5-7,12,14,16,18-19,24H,3-4,8-11,13H2,1-2H3;5-7,12,14,16,18-19H,3-4,8-11,13H2,1-2H3;5,7,9,11,13,16-17,23H,6,8,10H2,1-4H3;5,7,9,11,13,16-17H,6,8,10H2,1-4H3;5-7,10,12,14,16-17H,8-9,11H2,1-4H3/t2*16-,18-,19-;2*13-,16-,17-;14-,16-,17-/m00000/s1. The number of likely N-dealkylation sites (tertiary alicyclic amines) is 2. The molecule has 2 N–H and O–H groups in total. The Kier molecular flexibility index (Phi) is 38.9. The summed E-state index contributed by atoms with van der Waals surface area (Å²) in [7, 11) is 12.1. The summed E-state index contributed by atoms with van der Waals surface area (Å²) in [6, 6.07) is 30.6. The van der Waals surface area contributed by atoms with Crippen molar-refractivity contribution in [1.82, 2.24) is 35.1 Å². The molecule has 12 nitrogen and oxygen atoms in total. The fourth-order valence-corrected chi connectivity index (χ4v) is 19.9. The van der Waals surface area contributed by atoms with Gasteiger partial charge in [0.15, 0.2) is 0 Å². The highest BCUT2D eigenvalue weighted by molar-refractivity contribution is 6.31. The van der Waals surface area contributed by atoms with Gasteiger partial charge in [-0.25, -0.2) is 0 Å². The highest BCUT2D eigenvalue weighted by Gasteiger charge is 2.44. The maximum atomic E-state index is 13.1. The number of likely N-dealkylation sites (N-methyl/N-ethyl adjacent to an activating group) is 3. The third kappa shape index (κ3) is 32.5. The van der Waals surface area contributed by atoms with E-state index in [1.165, 1.54) is 80.3 Å². The van der Waals surface area contributed by atoms with Crippen molar-refractivity contribution in [3.63, 3.8) is 0 Å². The Bertz CT molecular complexity index is 3860. The first-order valence-electron chi connectivity index (χ1n) is 44.1. The molecule has 15 atom stereocenters. The minimum Gasteiger partial charge on any atom is -0.406 e. The Morgan fingerprint density at radius 2 is 0.675 bits per heavy atom. The molecule has 0 aromatic heterocycles. The zero-order valence-corrected chi connectivity index (χ0v) is 75.9. The number of hydrogen-bond acceptors (Lipinski definition) is 12. The molecule has 123 heavy (non-hydrogen) atoms. The third-order valence-electron chi connectivity index (χ3n) is 24.9. The number of alkyl halides is 15. The quantitative estimate of drug-likeness (QED) is 0.0647. The Hall–Kier alpha value is -5.17. The van der Waals surface area contributed by atoms with Gasteiger partial charge >= 0.3 is 31.3 Å². The smallest absolute Gasteiger partial charge is 0.406 e. The minimum absolute atomic E-state index is 0.0859. The normalized spacial score (nSPS) is 26.6. The van der Waals surface area contributed by atoms with Crippen LogP contribution in [0.4, 0.5) is 65.9 Å². The van der Waals surface area contributed by atoms with Crippen LogP contribution in [0.2, 0.25) is 10.0 Å².